The molecule has 0 aliphatic carbocycles. The number of rotatable bonds is 2. The number of hydrogen-bond donors (Lipinski definition) is 1. The fourth-order valence-corrected chi connectivity index (χ4v) is 2.95. The van der Waals surface area contributed by atoms with Crippen molar-refractivity contribution >= 4 is 51.3 Å². The Labute approximate surface area is 129 Å². The van der Waals surface area contributed by atoms with Gasteiger partial charge in [-0.05, 0) is 24.3 Å². The summed E-state index contributed by atoms with van der Waals surface area (Å²) < 4.78 is 10.9. The Bertz CT molecular complexity index is 854. The summed E-state index contributed by atoms with van der Waals surface area (Å²) in [5.74, 6) is 0.254. The first kappa shape index (κ1) is 13.8. The monoisotopic (exact) mass is 319 g/mol. The second-order valence-corrected chi connectivity index (χ2v) is 5.95. The van der Waals surface area contributed by atoms with E-state index in [0.717, 1.165) is 11.8 Å². The van der Waals surface area contributed by atoms with Gasteiger partial charge < -0.3 is 14.5 Å². The third-order valence-corrected chi connectivity index (χ3v) is 4.10. The van der Waals surface area contributed by atoms with E-state index >= 15 is 0 Å². The maximum atomic E-state index is 12.4. The van der Waals surface area contributed by atoms with E-state index < -0.39 is 0 Å². The normalized spacial score (nSPS) is 16.5. The van der Waals surface area contributed by atoms with Crippen molar-refractivity contribution in [2.45, 2.75) is 0 Å². The van der Waals surface area contributed by atoms with Crippen LogP contribution in [0.5, 0.6) is 5.75 Å². The predicted molar refractivity (Wildman–Crippen MR) is 85.3 cm³/mol. The summed E-state index contributed by atoms with van der Waals surface area (Å²) in [6, 6.07) is 4.98. The van der Waals surface area contributed by atoms with E-state index in [1.54, 1.807) is 18.2 Å². The van der Waals surface area contributed by atoms with Crippen molar-refractivity contribution < 1.29 is 13.9 Å². The zero-order chi connectivity index (χ0) is 15.0. The van der Waals surface area contributed by atoms with Crippen LogP contribution in [0.4, 0.5) is 0 Å². The smallest absolute Gasteiger partial charge is 0.263 e. The minimum absolute atomic E-state index is 0.228. The quantitative estimate of drug-likeness (QED) is 0.676. The average molecular weight is 319 g/mol. The molecule has 0 spiro atoms. The van der Waals surface area contributed by atoms with Gasteiger partial charge in [-0.3, -0.25) is 9.59 Å². The number of hydrogen-bond acceptors (Lipinski definition) is 6. The summed E-state index contributed by atoms with van der Waals surface area (Å²) >= 11 is 6.02. The largest absolute Gasteiger partial charge is 0.497 e. The molecule has 1 fully saturated rings. The van der Waals surface area contributed by atoms with Gasteiger partial charge in [-0.2, -0.15) is 0 Å². The Hall–Kier alpha value is -2.12. The fourth-order valence-electron chi connectivity index (χ4n) is 1.91. The summed E-state index contributed by atoms with van der Waals surface area (Å²) in [7, 11) is 1.52. The fraction of sp³-hybridized carbons (Fsp3) is 0.0714. The van der Waals surface area contributed by atoms with Crippen molar-refractivity contribution in [1.29, 1.82) is 0 Å². The van der Waals surface area contributed by atoms with Gasteiger partial charge in [0.1, 0.15) is 21.9 Å². The van der Waals surface area contributed by atoms with Crippen LogP contribution in [0.3, 0.4) is 0 Å². The highest BCUT2D eigenvalue weighted by molar-refractivity contribution is 8.26. The molecule has 21 heavy (non-hydrogen) atoms. The Morgan fingerprint density at radius 2 is 2.19 bits per heavy atom. The maximum absolute atomic E-state index is 12.4. The van der Waals surface area contributed by atoms with Crippen LogP contribution >= 0.6 is 24.0 Å². The van der Waals surface area contributed by atoms with Gasteiger partial charge in [0, 0.05) is 0 Å². The Morgan fingerprint density at radius 3 is 2.86 bits per heavy atom. The number of ether oxygens (including phenoxy) is 1. The number of carbonyl (C=O) groups excluding carboxylic acids is 1. The zero-order valence-corrected chi connectivity index (χ0v) is 12.5. The van der Waals surface area contributed by atoms with Gasteiger partial charge in [-0.15, -0.1) is 0 Å². The molecule has 5 nitrogen and oxygen atoms in total. The lowest BCUT2D eigenvalue weighted by Crippen LogP contribution is -2.17. The summed E-state index contributed by atoms with van der Waals surface area (Å²) in [6.45, 7) is 0. The minimum atomic E-state index is -0.310. The first-order chi connectivity index (χ1) is 10.1. The molecule has 1 N–H and O–H groups in total. The van der Waals surface area contributed by atoms with Crippen molar-refractivity contribution in [2.75, 3.05) is 7.11 Å². The third kappa shape index (κ3) is 2.57. The van der Waals surface area contributed by atoms with E-state index in [4.69, 9.17) is 21.4 Å². The molecule has 2 aromatic rings. The topological polar surface area (TPSA) is 68.5 Å². The van der Waals surface area contributed by atoms with Crippen molar-refractivity contribution in [1.82, 2.24) is 5.32 Å². The van der Waals surface area contributed by atoms with Crippen molar-refractivity contribution in [3.05, 3.63) is 45.2 Å². The van der Waals surface area contributed by atoms with E-state index in [2.05, 4.69) is 5.32 Å². The third-order valence-electron chi connectivity index (χ3n) is 2.94. The Balaban J connectivity index is 2.14. The van der Waals surface area contributed by atoms with Crippen LogP contribution in [-0.2, 0) is 4.79 Å². The highest BCUT2D eigenvalue weighted by Crippen LogP contribution is 2.26. The van der Waals surface area contributed by atoms with Crippen molar-refractivity contribution in [3.8, 4) is 5.75 Å². The lowest BCUT2D eigenvalue weighted by Gasteiger charge is -2.02. The summed E-state index contributed by atoms with van der Waals surface area (Å²) in [5.41, 5.74) is 0.522. The molecule has 1 aromatic heterocycles. The van der Waals surface area contributed by atoms with Crippen molar-refractivity contribution in [2.24, 2.45) is 0 Å². The first-order valence-electron chi connectivity index (χ1n) is 5.93. The molecule has 1 aliphatic rings. The number of thiocarbonyl (C=S) groups is 1. The van der Waals surface area contributed by atoms with Crippen LogP contribution in [0.15, 0.2) is 38.6 Å². The molecule has 7 heteroatoms. The first-order valence-corrected chi connectivity index (χ1v) is 7.15. The van der Waals surface area contributed by atoms with E-state index in [9.17, 15) is 9.59 Å². The molecule has 106 valence electrons. The van der Waals surface area contributed by atoms with E-state index in [0.29, 0.717) is 25.9 Å². The average Bonchev–Trinajstić information content (AvgIpc) is 2.79. The Morgan fingerprint density at radius 1 is 1.38 bits per heavy atom. The number of fused-ring (bicyclic) bond motifs is 1. The standard InChI is InChI=1S/C14H9NO4S2/c1-18-8-2-3-10-9(5-8)12(16)7(6-19-10)4-11-13(17)15-14(20)21-11/h2-6H,1H3,(H,15,17,20). The summed E-state index contributed by atoms with van der Waals surface area (Å²) in [6.07, 6.45) is 2.81. The number of amides is 1. The zero-order valence-electron chi connectivity index (χ0n) is 10.8. The van der Waals surface area contributed by atoms with Gasteiger partial charge in [0.05, 0.1) is 23.0 Å². The number of thioether (sulfide) groups is 1. The minimum Gasteiger partial charge on any atom is -0.497 e. The number of benzene rings is 1. The molecule has 0 atom stereocenters. The van der Waals surface area contributed by atoms with Crippen LogP contribution in [0.2, 0.25) is 0 Å². The second kappa shape index (κ2) is 5.34. The lowest BCUT2D eigenvalue weighted by molar-refractivity contribution is -0.115. The highest BCUT2D eigenvalue weighted by atomic mass is 32.2. The second-order valence-electron chi connectivity index (χ2n) is 4.23. The number of methoxy groups -OCH3 is 1. The Kier molecular flexibility index (Phi) is 3.52. The van der Waals surface area contributed by atoms with E-state index in [1.165, 1.54) is 19.4 Å². The van der Waals surface area contributed by atoms with Gasteiger partial charge in [0.25, 0.3) is 5.91 Å². The molecule has 3 rings (SSSR count). The van der Waals surface area contributed by atoms with Gasteiger partial charge in [0.2, 0.25) is 0 Å². The van der Waals surface area contributed by atoms with E-state index in [-0.39, 0.29) is 16.9 Å². The molecule has 1 amide bonds. The molecule has 0 radical (unpaired) electrons. The summed E-state index contributed by atoms with van der Waals surface area (Å²) in [5, 5.41) is 2.89. The van der Waals surface area contributed by atoms with Crippen LogP contribution in [0.25, 0.3) is 17.0 Å². The van der Waals surface area contributed by atoms with E-state index in [1.807, 2.05) is 0 Å². The lowest BCUT2D eigenvalue weighted by atomic mass is 10.1. The molecule has 1 aliphatic heterocycles. The maximum Gasteiger partial charge on any atom is 0.263 e. The molecule has 0 saturated carbocycles. The van der Waals surface area contributed by atoms with Crippen LogP contribution < -0.4 is 15.5 Å². The van der Waals surface area contributed by atoms with Gasteiger partial charge in [-0.1, -0.05) is 24.0 Å². The number of nitrogens with one attached hydrogen (secondary N) is 1. The molecule has 1 saturated heterocycles. The number of carbonyl (C=O) groups is 1. The van der Waals surface area contributed by atoms with Gasteiger partial charge in [0.15, 0.2) is 5.43 Å². The van der Waals surface area contributed by atoms with Crippen LogP contribution in [0.1, 0.15) is 5.56 Å². The predicted octanol–water partition coefficient (Wildman–Crippen LogP) is 2.29. The molecular formula is C14H9NO4S2. The van der Waals surface area contributed by atoms with Gasteiger partial charge >= 0.3 is 0 Å². The SMILES string of the molecule is COc1ccc2occ(C=C3SC(=S)NC3=O)c(=O)c2c1. The molecule has 2 heterocycles. The molecule has 1 aromatic carbocycles. The molecule has 0 bridgehead atoms. The molecular weight excluding hydrogens is 310 g/mol. The summed E-state index contributed by atoms with van der Waals surface area (Å²) in [4.78, 5) is 24.4. The van der Waals surface area contributed by atoms with Crippen LogP contribution in [0, 0.1) is 0 Å². The highest BCUT2D eigenvalue weighted by Gasteiger charge is 2.22. The van der Waals surface area contributed by atoms with Crippen molar-refractivity contribution in [3.63, 3.8) is 0 Å². The van der Waals surface area contributed by atoms with Crippen LogP contribution in [-0.4, -0.2) is 17.3 Å². The van der Waals surface area contributed by atoms with Gasteiger partial charge in [-0.25, -0.2) is 0 Å². The molecule has 0 unspecified atom stereocenters.